The van der Waals surface area contributed by atoms with Gasteiger partial charge in [-0.2, -0.15) is 0 Å². The van der Waals surface area contributed by atoms with Crippen LogP contribution in [-0.4, -0.2) is 7.25 Å². The zero-order chi connectivity index (χ0) is 12.8. The van der Waals surface area contributed by atoms with Crippen molar-refractivity contribution in [1.82, 2.24) is 0 Å². The van der Waals surface area contributed by atoms with Gasteiger partial charge in [-0.3, -0.25) is 0 Å². The molecule has 0 saturated carbocycles. The molecule has 0 aliphatic carbocycles. The van der Waals surface area contributed by atoms with Crippen molar-refractivity contribution < 1.29 is 17.3 Å². The van der Waals surface area contributed by atoms with Gasteiger partial charge in [-0.1, -0.05) is 23.7 Å². The summed E-state index contributed by atoms with van der Waals surface area (Å²) < 4.78 is 39.8. The third-order valence-corrected chi connectivity index (χ3v) is 1.70. The summed E-state index contributed by atoms with van der Waals surface area (Å²) in [6, 6.07) is 6.78. The first kappa shape index (κ1) is 14.8. The van der Waals surface area contributed by atoms with E-state index >= 15 is 0 Å². The van der Waals surface area contributed by atoms with Crippen molar-refractivity contribution in [3.8, 4) is 0 Å². The van der Waals surface area contributed by atoms with Gasteiger partial charge in [0.15, 0.2) is 5.69 Å². The summed E-state index contributed by atoms with van der Waals surface area (Å²) >= 11 is 11.1. The van der Waals surface area contributed by atoms with Crippen LogP contribution in [0.15, 0.2) is 24.3 Å². The van der Waals surface area contributed by atoms with E-state index in [4.69, 9.17) is 28.8 Å². The second-order valence-electron chi connectivity index (χ2n) is 2.30. The third kappa shape index (κ3) is 7.14. The molecule has 10 heteroatoms. The van der Waals surface area contributed by atoms with Crippen LogP contribution in [0.2, 0.25) is 5.02 Å². The fourth-order valence-corrected chi connectivity index (χ4v) is 1.06. The van der Waals surface area contributed by atoms with Crippen LogP contribution < -0.4 is 4.53 Å². The molecule has 0 unspecified atom stereocenters. The van der Waals surface area contributed by atoms with Crippen molar-refractivity contribution in [3.05, 3.63) is 34.4 Å². The quantitative estimate of drug-likeness (QED) is 0.251. The number of benzene rings is 1. The lowest BCUT2D eigenvalue weighted by Gasteiger charge is -1.95. The Labute approximate surface area is 98.4 Å². The van der Waals surface area contributed by atoms with Gasteiger partial charge in [-0.15, -0.1) is 0 Å². The predicted octanol–water partition coefficient (Wildman–Crippen LogP) is 4.37. The van der Waals surface area contributed by atoms with Crippen LogP contribution in [0, 0.1) is 5.39 Å². The number of hydrogen-bond acceptors (Lipinski definition) is 2. The first-order valence-electron chi connectivity index (χ1n) is 3.68. The highest BCUT2D eigenvalue weighted by Crippen LogP contribution is 2.26. The molecule has 0 aromatic heterocycles. The molecule has 0 aliphatic rings. The minimum atomic E-state index is -6.00. The Hall–Kier alpha value is -1.20. The molecule has 0 fully saturated rings. The number of halogens is 6. The van der Waals surface area contributed by atoms with Crippen LogP contribution in [0.3, 0.4) is 0 Å². The lowest BCUT2D eigenvalue weighted by atomic mass is 10.3. The maximum atomic E-state index is 9.75. The van der Waals surface area contributed by atoms with Gasteiger partial charge in [0.2, 0.25) is 0 Å². The molecule has 1 aromatic carbocycles. The lowest BCUT2D eigenvalue weighted by molar-refractivity contribution is 0.368. The number of hydrogen-bond donors (Lipinski definition) is 0. The summed E-state index contributed by atoms with van der Waals surface area (Å²) in [5, 5.41) is 11.4. The van der Waals surface area contributed by atoms with Crippen LogP contribution in [-0.2, 0) is 0 Å². The molecule has 88 valence electrons. The molecule has 0 bridgehead atoms. The molecule has 0 saturated heterocycles. The van der Waals surface area contributed by atoms with E-state index in [1.165, 1.54) is 0 Å². The van der Waals surface area contributed by atoms with E-state index in [0.29, 0.717) is 10.7 Å². The summed E-state index contributed by atoms with van der Waals surface area (Å²) in [7, 11) is -6.00. The minimum absolute atomic E-state index is 0.431. The Morgan fingerprint density at radius 2 is 1.62 bits per heavy atom. The van der Waals surface area contributed by atoms with Gasteiger partial charge in [0, 0.05) is 0 Å². The van der Waals surface area contributed by atoms with Gasteiger partial charge in [0.1, 0.15) is 16.3 Å². The average Bonchev–Trinajstić information content (AvgIpc) is 2.15. The normalized spacial score (nSPS) is 9.81. The number of anilines is 1. The highest BCUT2D eigenvalue weighted by molar-refractivity contribution is 6.50. The van der Waals surface area contributed by atoms with Gasteiger partial charge in [-0.25, -0.2) is 0 Å². The highest BCUT2D eigenvalue weighted by Gasteiger charge is 2.20. The van der Waals surface area contributed by atoms with Crippen molar-refractivity contribution in [3.63, 3.8) is 0 Å². The summed E-state index contributed by atoms with van der Waals surface area (Å²) in [4.78, 5) is 0. The largest absolute Gasteiger partial charge is 0.673 e. The summed E-state index contributed by atoms with van der Waals surface area (Å²) in [6.45, 7) is 0. The number of para-hydroxylation sites is 1. The summed E-state index contributed by atoms with van der Waals surface area (Å²) in [5.74, 6) is 0. The average molecular weight is 276 g/mol. The molecule has 0 amide bonds. The maximum Gasteiger partial charge on any atom is 0.673 e. The molecule has 0 spiro atoms. The summed E-state index contributed by atoms with van der Waals surface area (Å²) in [5.41, 5.74) is 0.443. The molecule has 16 heavy (non-hydrogen) atoms. The number of rotatable bonds is 1. The molecule has 0 aliphatic heterocycles. The van der Waals surface area contributed by atoms with E-state index in [1.54, 1.807) is 24.3 Å². The summed E-state index contributed by atoms with van der Waals surface area (Å²) in [6.07, 6.45) is 0. The fraction of sp³-hybridized carbons (Fsp3) is 0. The van der Waals surface area contributed by atoms with Crippen LogP contribution in [0.4, 0.5) is 23.0 Å². The predicted molar refractivity (Wildman–Crippen MR) is 55.1 cm³/mol. The van der Waals surface area contributed by atoms with Crippen molar-refractivity contribution in [2.75, 3.05) is 4.53 Å². The second-order valence-corrected chi connectivity index (χ2v) is 3.02. The molecule has 0 radical (unpaired) electrons. The van der Waals surface area contributed by atoms with Crippen molar-refractivity contribution in [2.24, 2.45) is 0 Å². The van der Waals surface area contributed by atoms with Gasteiger partial charge in [-0.05, 0) is 12.1 Å². The van der Waals surface area contributed by atoms with E-state index < -0.39 is 7.25 Å². The first-order valence-corrected chi connectivity index (χ1v) is 4.40. The van der Waals surface area contributed by atoms with Gasteiger partial charge >= 0.3 is 12.3 Å². The van der Waals surface area contributed by atoms with Gasteiger partial charge in [0.05, 0.1) is 5.02 Å². The second kappa shape index (κ2) is 6.40. The highest BCUT2D eigenvalue weighted by atomic mass is 35.5. The Morgan fingerprint density at radius 1 is 1.19 bits per heavy atom. The lowest BCUT2D eigenvalue weighted by Crippen LogP contribution is -2.02. The topological polar surface area (TPSA) is 31.4 Å². The van der Waals surface area contributed by atoms with Crippen LogP contribution in [0.25, 0.3) is 5.08 Å². The molecule has 3 nitrogen and oxygen atoms in total. The smallest absolute Gasteiger partial charge is 0.418 e. The fourth-order valence-electron chi connectivity index (χ4n) is 0.650. The third-order valence-electron chi connectivity index (χ3n) is 1.13. The molecule has 0 heterocycles. The van der Waals surface area contributed by atoms with E-state index in [-0.39, 0.29) is 0 Å². The van der Waals surface area contributed by atoms with Crippen molar-refractivity contribution in [2.45, 2.75) is 0 Å². The molecule has 0 N–H and O–H groups in total. The monoisotopic (exact) mass is 275 g/mol. The van der Waals surface area contributed by atoms with Crippen molar-refractivity contribution >= 4 is 36.3 Å². The number of nitrogens with zero attached hydrogens (tertiary/aromatic N) is 3. The Kier molecular flexibility index (Phi) is 5.92. The van der Waals surface area contributed by atoms with E-state index in [1.807, 2.05) is 0 Å². The van der Waals surface area contributed by atoms with Crippen molar-refractivity contribution in [1.29, 1.82) is 5.39 Å². The number of diazo groups is 1. The SMILES string of the molecule is F[B-](F)(F)F.N#[N+]N(Cl)c1ccccc1Cl. The standard InChI is InChI=1S/C6H4Cl2N3.BF4/c7-5-3-1-2-4-6(5)11(8)10-9;2-1(3,4)5/h1-4H;/q+1;-1. The molecule has 1 aromatic rings. The first-order chi connectivity index (χ1) is 7.25. The minimum Gasteiger partial charge on any atom is -0.418 e. The molecule has 0 atom stereocenters. The Balaban J connectivity index is 0.000000385. The van der Waals surface area contributed by atoms with Crippen LogP contribution in [0.1, 0.15) is 0 Å². The Morgan fingerprint density at radius 3 is 2.00 bits per heavy atom. The molecular weight excluding hydrogens is 272 g/mol. The van der Waals surface area contributed by atoms with E-state index in [0.717, 1.165) is 4.53 Å². The van der Waals surface area contributed by atoms with E-state index in [9.17, 15) is 17.3 Å². The van der Waals surface area contributed by atoms with Crippen LogP contribution in [0.5, 0.6) is 0 Å². The maximum absolute atomic E-state index is 9.75. The van der Waals surface area contributed by atoms with Gasteiger partial charge < -0.3 is 17.3 Å². The van der Waals surface area contributed by atoms with E-state index in [2.05, 4.69) is 5.08 Å². The molecule has 1 rings (SSSR count). The molecular formula is C6H4BCl2F4N3. The zero-order valence-corrected chi connectivity index (χ0v) is 9.01. The van der Waals surface area contributed by atoms with Crippen LogP contribution >= 0.6 is 23.4 Å². The zero-order valence-electron chi connectivity index (χ0n) is 7.50. The van der Waals surface area contributed by atoms with Gasteiger partial charge in [0.25, 0.3) is 5.39 Å². The Bertz CT molecular complexity index is 375.